The number of hydrogen-bond donors (Lipinski definition) is 2. The number of carboxylic acids is 1. The Morgan fingerprint density at radius 2 is 0.688 bits per heavy atom. The van der Waals surface area contributed by atoms with Gasteiger partial charge in [0.15, 0.2) is 0 Å². The summed E-state index contributed by atoms with van der Waals surface area (Å²) in [7, 11) is 0. The zero-order valence-corrected chi connectivity index (χ0v) is 57.3. The minimum atomic E-state index is -0.935. The first-order valence-corrected chi connectivity index (χ1v) is 34.8. The fourth-order valence-corrected chi connectivity index (χ4v) is 11.2. The van der Waals surface area contributed by atoms with Crippen LogP contribution in [0.2, 0.25) is 0 Å². The lowest BCUT2D eigenvalue weighted by molar-refractivity contribution is -0.139. The van der Waals surface area contributed by atoms with Gasteiger partial charge in [0.25, 0.3) is 0 Å². The number of aryl methyl sites for hydroxylation is 12. The lowest BCUT2D eigenvalue weighted by Gasteiger charge is -2.12. The molecule has 0 bridgehead atoms. The van der Waals surface area contributed by atoms with E-state index in [-0.39, 0.29) is 17.5 Å². The van der Waals surface area contributed by atoms with Crippen LogP contribution in [0.5, 0.6) is 5.75 Å². The maximum Gasteiger partial charge on any atom is 0.333 e. The normalized spacial score (nSPS) is 10.8. The van der Waals surface area contributed by atoms with Crippen LogP contribution in [0.25, 0.3) is 10.8 Å². The van der Waals surface area contributed by atoms with E-state index in [9.17, 15) is 14.4 Å². The first-order valence-electron chi connectivity index (χ1n) is 34.8. The van der Waals surface area contributed by atoms with Crippen LogP contribution in [0.3, 0.4) is 0 Å². The number of aliphatic carboxylic acids is 1. The average molecular weight is 1260 g/mol. The van der Waals surface area contributed by atoms with E-state index in [2.05, 4.69) is 185 Å². The van der Waals surface area contributed by atoms with E-state index in [0.717, 1.165) is 154 Å². The fourth-order valence-electron chi connectivity index (χ4n) is 11.2. The van der Waals surface area contributed by atoms with Gasteiger partial charge >= 0.3 is 17.9 Å². The number of hydrogen-bond acceptors (Lipinski definition) is 7. The topological polar surface area (TPSA) is 119 Å². The molecule has 0 unspecified atom stereocenters. The molecule has 7 aromatic rings. The van der Waals surface area contributed by atoms with Crippen LogP contribution in [0, 0.1) is 6.92 Å². The average Bonchev–Trinajstić information content (AvgIpc) is 1.51. The first-order chi connectivity index (χ1) is 45.1. The third-order valence-corrected chi connectivity index (χ3v) is 17.1. The number of aliphatic hydroxyl groups excluding tert-OH is 1. The van der Waals surface area contributed by atoms with Gasteiger partial charge < -0.3 is 24.4 Å². The van der Waals surface area contributed by atoms with Crippen molar-refractivity contribution in [3.8, 4) is 5.75 Å². The van der Waals surface area contributed by atoms with E-state index in [0.29, 0.717) is 31.0 Å². The molecule has 2 N–H and O–H groups in total. The Morgan fingerprint density at radius 1 is 0.366 bits per heavy atom. The number of fused-ring (bicyclic) bond motifs is 1. The minimum Gasteiger partial charge on any atom is -0.494 e. The molecule has 0 radical (unpaired) electrons. The van der Waals surface area contributed by atoms with Gasteiger partial charge in [-0.2, -0.15) is 0 Å². The molecule has 7 rings (SSSR count). The molecular weight excluding hydrogens is 1150 g/mol. The molecular formula is C85H110O8. The number of esters is 2. The molecule has 0 spiro atoms. The number of carbonyl (C=O) groups excluding carboxylic acids is 2. The number of carbonyl (C=O) groups is 3. The van der Waals surface area contributed by atoms with E-state index < -0.39 is 5.97 Å². The smallest absolute Gasteiger partial charge is 0.333 e. The highest BCUT2D eigenvalue weighted by Crippen LogP contribution is 2.27. The molecule has 8 nitrogen and oxygen atoms in total. The number of rotatable bonds is 41. The molecule has 0 aliphatic rings. The van der Waals surface area contributed by atoms with E-state index in [1.54, 1.807) is 13.8 Å². The molecule has 93 heavy (non-hydrogen) atoms. The zero-order chi connectivity index (χ0) is 66.8. The standard InChI is InChI=1S/C46H56O4.C35H48O2.C4H6O2/c1-35(2)45(47)49-33-13-7-5-9-15-37-19-23-39(24-20-37)27-29-41-31-32-42(44-18-12-11-17-43(41)44)30-28-40-25-21-38(22-26-40)16-10-6-8-14-34-50-46(48)36(3)4;1-3-4-5-10-27-37-35-24-20-32(21-25-35)16-17-33-19-23-34(29(2)28-33)22-18-31-14-12-30(13-15-31)11-8-6-7-9-26-36;1-3(2)4(5)6/h11-12,17-26,31-32H,1,3,5-10,13-16,27-30,33-34H2,2,4H3;12-15,19-21,23-25,28,36H,3-11,16-18,22,26-27H2,1-2H3;1H2,2H3,(H,5,6). The fraction of sp³-hybridized carbons (Fsp3) is 0.424. The van der Waals surface area contributed by atoms with Gasteiger partial charge in [0.05, 0.1) is 19.8 Å². The van der Waals surface area contributed by atoms with Gasteiger partial charge in [-0.3, -0.25) is 0 Å². The monoisotopic (exact) mass is 1260 g/mol. The maximum absolute atomic E-state index is 11.5. The van der Waals surface area contributed by atoms with E-state index in [1.807, 2.05) is 0 Å². The van der Waals surface area contributed by atoms with Crippen LogP contribution in [0.15, 0.2) is 188 Å². The van der Waals surface area contributed by atoms with E-state index in [4.69, 9.17) is 24.4 Å². The number of ether oxygens (including phenoxy) is 3. The summed E-state index contributed by atoms with van der Waals surface area (Å²) in [4.78, 5) is 32.5. The number of carboxylic acid groups (broad SMARTS) is 1. The summed E-state index contributed by atoms with van der Waals surface area (Å²) >= 11 is 0. The molecule has 8 heteroatoms. The van der Waals surface area contributed by atoms with Crippen molar-refractivity contribution in [3.05, 3.63) is 255 Å². The van der Waals surface area contributed by atoms with Gasteiger partial charge in [-0.1, -0.05) is 224 Å². The lowest BCUT2D eigenvalue weighted by atomic mass is 9.92. The van der Waals surface area contributed by atoms with Crippen molar-refractivity contribution in [2.45, 2.75) is 208 Å². The summed E-state index contributed by atoms with van der Waals surface area (Å²) in [6, 6.07) is 56.8. The van der Waals surface area contributed by atoms with Gasteiger partial charge in [0, 0.05) is 23.3 Å². The Kier molecular flexibility index (Phi) is 36.5. The highest BCUT2D eigenvalue weighted by atomic mass is 16.5. The molecule has 0 heterocycles. The number of unbranched alkanes of at least 4 members (excludes halogenated alkanes) is 12. The quantitative estimate of drug-likeness (QED) is 0.0221. The molecule has 0 atom stereocenters. The SMILES string of the molecule is C=C(C)C(=O)O.C=C(C)C(=O)OCCCCCCc1ccc(CCc2ccc(CCc3ccc(CCCCCCOC(=O)C(=C)C)cc3)c3ccccc23)cc1.CCCCCCOc1ccc(CCc2ccc(CCc3ccc(CCCCCCO)cc3)c(C)c2)cc1. The second kappa shape index (κ2) is 44.7. The Labute approximate surface area is 559 Å². The van der Waals surface area contributed by atoms with Crippen molar-refractivity contribution >= 4 is 28.7 Å². The van der Waals surface area contributed by atoms with Crippen LogP contribution in [0.4, 0.5) is 0 Å². The van der Waals surface area contributed by atoms with Crippen molar-refractivity contribution in [2.75, 3.05) is 26.4 Å². The third kappa shape index (κ3) is 31.1. The third-order valence-electron chi connectivity index (χ3n) is 17.1. The Morgan fingerprint density at radius 3 is 1.08 bits per heavy atom. The maximum atomic E-state index is 11.5. The van der Waals surface area contributed by atoms with Crippen molar-refractivity contribution in [1.82, 2.24) is 0 Å². The van der Waals surface area contributed by atoms with Gasteiger partial charge in [-0.15, -0.1) is 0 Å². The molecule has 0 aromatic heterocycles. The second-order valence-electron chi connectivity index (χ2n) is 25.3. The first kappa shape index (κ1) is 75.9. The molecule has 7 aromatic carbocycles. The van der Waals surface area contributed by atoms with Gasteiger partial charge in [-0.25, -0.2) is 14.4 Å². The molecule has 0 amide bonds. The van der Waals surface area contributed by atoms with Crippen LogP contribution < -0.4 is 4.74 Å². The van der Waals surface area contributed by atoms with Crippen LogP contribution in [-0.2, 0) is 94.5 Å². The van der Waals surface area contributed by atoms with E-state index in [1.165, 1.54) is 117 Å². The molecule has 498 valence electrons. The van der Waals surface area contributed by atoms with Crippen molar-refractivity contribution in [1.29, 1.82) is 0 Å². The van der Waals surface area contributed by atoms with Crippen LogP contribution in [-0.4, -0.2) is 54.5 Å². The largest absolute Gasteiger partial charge is 0.494 e. The Balaban J connectivity index is 0.000000321. The van der Waals surface area contributed by atoms with Crippen molar-refractivity contribution in [2.24, 2.45) is 0 Å². The van der Waals surface area contributed by atoms with Gasteiger partial charge in [0.1, 0.15) is 5.75 Å². The highest BCUT2D eigenvalue weighted by Gasteiger charge is 2.10. The lowest BCUT2D eigenvalue weighted by Crippen LogP contribution is -2.06. The Bertz CT molecular complexity index is 3180. The molecule has 0 aliphatic carbocycles. The summed E-state index contributed by atoms with van der Waals surface area (Å²) in [6.45, 7) is 21.8. The highest BCUT2D eigenvalue weighted by molar-refractivity contribution is 5.89. The summed E-state index contributed by atoms with van der Waals surface area (Å²) in [5.74, 6) is -0.524. The predicted molar refractivity (Wildman–Crippen MR) is 388 cm³/mol. The zero-order valence-electron chi connectivity index (χ0n) is 57.3. The van der Waals surface area contributed by atoms with Crippen molar-refractivity contribution < 1.29 is 38.8 Å². The second-order valence-corrected chi connectivity index (χ2v) is 25.3. The van der Waals surface area contributed by atoms with Crippen LogP contribution in [0.1, 0.15) is 197 Å². The summed E-state index contributed by atoms with van der Waals surface area (Å²) in [5.41, 5.74) is 18.0. The number of benzene rings is 7. The van der Waals surface area contributed by atoms with Crippen LogP contribution >= 0.6 is 0 Å². The summed E-state index contributed by atoms with van der Waals surface area (Å²) in [6.07, 6.45) is 29.7. The minimum absolute atomic E-state index is 0.176. The molecule has 0 saturated carbocycles. The van der Waals surface area contributed by atoms with Gasteiger partial charge in [-0.05, 0) is 233 Å². The molecule has 0 aliphatic heterocycles. The predicted octanol–water partition coefficient (Wildman–Crippen LogP) is 20.1. The molecule has 0 saturated heterocycles. The summed E-state index contributed by atoms with van der Waals surface area (Å²) in [5, 5.41) is 19.5. The summed E-state index contributed by atoms with van der Waals surface area (Å²) < 4.78 is 16.2. The Hall–Kier alpha value is -7.81. The van der Waals surface area contributed by atoms with E-state index >= 15 is 0 Å². The molecule has 0 fully saturated rings. The number of aliphatic hydroxyl groups is 1. The van der Waals surface area contributed by atoms with Crippen molar-refractivity contribution in [3.63, 3.8) is 0 Å². The van der Waals surface area contributed by atoms with Gasteiger partial charge in [0.2, 0.25) is 0 Å².